The topological polar surface area (TPSA) is 107 Å². The molecule has 1 fully saturated rings. The average Bonchev–Trinajstić information content (AvgIpc) is 3.24. The van der Waals surface area contributed by atoms with Gasteiger partial charge in [0.2, 0.25) is 0 Å². The summed E-state index contributed by atoms with van der Waals surface area (Å²) >= 11 is -1.34. The molecule has 4 rings (SSSR count). The molecule has 180 valence electrons. The Kier molecular flexibility index (Phi) is 6.90. The van der Waals surface area contributed by atoms with E-state index in [1.807, 2.05) is 20.8 Å². The number of amides is 1. The Labute approximate surface area is 201 Å². The summed E-state index contributed by atoms with van der Waals surface area (Å²) in [6.45, 7) is 6.69. The van der Waals surface area contributed by atoms with Crippen molar-refractivity contribution < 1.29 is 18.5 Å². The Morgan fingerprint density at radius 3 is 2.47 bits per heavy atom. The van der Waals surface area contributed by atoms with Crippen molar-refractivity contribution in [3.05, 3.63) is 48.2 Å². The molecule has 1 atom stereocenters. The quantitative estimate of drug-likeness (QED) is 0.430. The van der Waals surface area contributed by atoms with Crippen LogP contribution in [0.4, 0.5) is 9.18 Å². The highest BCUT2D eigenvalue weighted by atomic mass is 32.2. The summed E-state index contributed by atoms with van der Waals surface area (Å²) in [5.74, 6) is 0.547. The maximum Gasteiger partial charge on any atom is 0.410 e. The van der Waals surface area contributed by atoms with E-state index in [1.165, 1.54) is 18.4 Å². The number of likely N-dealkylation sites (tertiary alicyclic amines) is 1. The first kappa shape index (κ1) is 24.2. The zero-order chi connectivity index (χ0) is 24.5. The Morgan fingerprint density at radius 1 is 1.18 bits per heavy atom. The number of nitrogens with zero attached hydrogens (tertiary/aromatic N) is 4. The molecule has 34 heavy (non-hydrogen) atoms. The fourth-order valence-electron chi connectivity index (χ4n) is 3.87. The van der Waals surface area contributed by atoms with E-state index in [2.05, 4.69) is 15.0 Å². The number of nitrogens with one attached hydrogen (secondary N) is 1. The monoisotopic (exact) mass is 485 g/mol. The lowest BCUT2D eigenvalue weighted by atomic mass is 9.96. The molecule has 0 aliphatic carbocycles. The van der Waals surface area contributed by atoms with Crippen LogP contribution in [-0.2, 0) is 15.9 Å². The highest BCUT2D eigenvalue weighted by molar-refractivity contribution is 7.90. The van der Waals surface area contributed by atoms with E-state index in [-0.39, 0.29) is 23.0 Å². The highest BCUT2D eigenvalue weighted by Gasteiger charge is 2.30. The number of halogens is 1. The second-order valence-corrected chi connectivity index (χ2v) is 10.5. The Morgan fingerprint density at radius 2 is 1.85 bits per heavy atom. The van der Waals surface area contributed by atoms with Crippen LogP contribution in [0.5, 0.6) is 0 Å². The molecule has 3 aromatic rings. The van der Waals surface area contributed by atoms with Crippen LogP contribution < -0.4 is 0 Å². The van der Waals surface area contributed by atoms with Crippen molar-refractivity contribution >= 4 is 17.3 Å². The van der Waals surface area contributed by atoms with E-state index in [1.54, 1.807) is 29.3 Å². The van der Waals surface area contributed by atoms with Gasteiger partial charge in [-0.1, -0.05) is 0 Å². The van der Waals surface area contributed by atoms with Gasteiger partial charge in [0.05, 0.1) is 17.1 Å². The van der Waals surface area contributed by atoms with Gasteiger partial charge in [0.25, 0.3) is 0 Å². The first-order chi connectivity index (χ1) is 16.1. The van der Waals surface area contributed by atoms with Crippen molar-refractivity contribution in [3.8, 4) is 22.6 Å². The van der Waals surface area contributed by atoms with Crippen molar-refractivity contribution in [1.29, 1.82) is 0 Å². The Hall–Kier alpha value is -2.98. The van der Waals surface area contributed by atoms with Crippen LogP contribution in [0, 0.1) is 5.82 Å². The summed E-state index contributed by atoms with van der Waals surface area (Å²) in [6, 6.07) is 7.85. The standard InChI is InChI=1S/C24H28FN5O3S/c1-24(2,3)33-23(31)30-13-10-16(11-14-30)21-28-19(15-5-7-17(25)8-6-15)20(29-21)18-9-12-26-22(27-18)34(4)32/h5-9,12,16H,10-11,13-14H2,1-4H3,(H,28,29). The fraction of sp³-hybridized carbons (Fsp3) is 0.417. The van der Waals surface area contributed by atoms with Crippen LogP contribution in [0.3, 0.4) is 0 Å². The van der Waals surface area contributed by atoms with Crippen LogP contribution in [0.15, 0.2) is 41.7 Å². The SMILES string of the molecule is C[S+]([O-])c1nccc(-c2[nH]c(C3CCN(C(=O)OC(C)(C)C)CC3)nc2-c2ccc(F)cc2)n1. The molecular weight excluding hydrogens is 457 g/mol. The van der Waals surface area contributed by atoms with Crippen molar-refractivity contribution in [2.45, 2.75) is 50.3 Å². The van der Waals surface area contributed by atoms with Gasteiger partial charge in [-0.2, -0.15) is 9.97 Å². The molecule has 1 unspecified atom stereocenters. The van der Waals surface area contributed by atoms with Crippen LogP contribution in [0.2, 0.25) is 0 Å². The molecule has 1 saturated heterocycles. The highest BCUT2D eigenvalue weighted by Crippen LogP contribution is 2.34. The largest absolute Gasteiger partial charge is 0.609 e. The lowest BCUT2D eigenvalue weighted by Gasteiger charge is -2.32. The van der Waals surface area contributed by atoms with Gasteiger partial charge >= 0.3 is 11.2 Å². The lowest BCUT2D eigenvalue weighted by molar-refractivity contribution is 0.0203. The van der Waals surface area contributed by atoms with Gasteiger partial charge in [-0.3, -0.25) is 0 Å². The van der Waals surface area contributed by atoms with E-state index >= 15 is 0 Å². The van der Waals surface area contributed by atoms with E-state index in [0.717, 1.165) is 24.2 Å². The Balaban J connectivity index is 1.62. The predicted octanol–water partition coefficient (Wildman–Crippen LogP) is 4.52. The summed E-state index contributed by atoms with van der Waals surface area (Å²) in [7, 11) is 0. The van der Waals surface area contributed by atoms with Gasteiger partial charge in [0.15, 0.2) is 0 Å². The van der Waals surface area contributed by atoms with E-state index in [4.69, 9.17) is 9.72 Å². The summed E-state index contributed by atoms with van der Waals surface area (Å²) in [6.07, 6.45) is 4.23. The number of H-pyrrole nitrogens is 1. The molecule has 1 aromatic carbocycles. The number of carbonyl (C=O) groups excluding carboxylic acids is 1. The van der Waals surface area contributed by atoms with Gasteiger partial charge in [-0.25, -0.2) is 14.2 Å². The third-order valence-corrected chi connectivity index (χ3v) is 6.23. The average molecular weight is 486 g/mol. The first-order valence-electron chi connectivity index (χ1n) is 11.1. The van der Waals surface area contributed by atoms with Crippen LogP contribution >= 0.6 is 0 Å². The number of rotatable bonds is 4. The molecule has 0 saturated carbocycles. The molecule has 0 radical (unpaired) electrons. The van der Waals surface area contributed by atoms with E-state index < -0.39 is 16.8 Å². The van der Waals surface area contributed by atoms with Crippen LogP contribution in [0.25, 0.3) is 22.6 Å². The number of piperidine rings is 1. The molecule has 1 N–H and O–H groups in total. The number of hydrogen-bond acceptors (Lipinski definition) is 6. The number of aromatic nitrogens is 4. The smallest absolute Gasteiger partial charge is 0.410 e. The van der Waals surface area contributed by atoms with E-state index in [0.29, 0.717) is 30.2 Å². The summed E-state index contributed by atoms with van der Waals surface area (Å²) in [4.78, 5) is 30.9. The summed E-state index contributed by atoms with van der Waals surface area (Å²) < 4.78 is 31.0. The van der Waals surface area contributed by atoms with Crippen molar-refractivity contribution in [2.24, 2.45) is 0 Å². The molecule has 2 aromatic heterocycles. The van der Waals surface area contributed by atoms with Gasteiger partial charge < -0.3 is 19.2 Å². The first-order valence-corrected chi connectivity index (χ1v) is 12.7. The minimum atomic E-state index is -1.34. The third-order valence-electron chi connectivity index (χ3n) is 5.52. The predicted molar refractivity (Wildman–Crippen MR) is 127 cm³/mol. The minimum Gasteiger partial charge on any atom is -0.609 e. The summed E-state index contributed by atoms with van der Waals surface area (Å²) in [5.41, 5.74) is 2.06. The summed E-state index contributed by atoms with van der Waals surface area (Å²) in [5, 5.41) is 0.226. The molecule has 1 amide bonds. The molecule has 8 nitrogen and oxygen atoms in total. The molecule has 3 heterocycles. The van der Waals surface area contributed by atoms with Gasteiger partial charge in [0.1, 0.15) is 23.5 Å². The Bertz CT molecular complexity index is 1150. The minimum absolute atomic E-state index is 0.105. The van der Waals surface area contributed by atoms with Crippen molar-refractivity contribution in [2.75, 3.05) is 19.3 Å². The van der Waals surface area contributed by atoms with Crippen LogP contribution in [-0.4, -0.2) is 60.4 Å². The van der Waals surface area contributed by atoms with Gasteiger partial charge in [-0.05, 0) is 63.9 Å². The zero-order valence-electron chi connectivity index (χ0n) is 19.7. The maximum absolute atomic E-state index is 13.5. The molecular formula is C24H28FN5O3S. The van der Waals surface area contributed by atoms with Crippen molar-refractivity contribution in [3.63, 3.8) is 0 Å². The maximum atomic E-state index is 13.5. The molecule has 1 aliphatic heterocycles. The fourth-order valence-corrected chi connectivity index (χ4v) is 4.30. The molecule has 1 aliphatic rings. The second kappa shape index (κ2) is 9.71. The number of carbonyl (C=O) groups is 1. The number of aromatic amines is 1. The number of benzene rings is 1. The third kappa shape index (κ3) is 5.56. The molecule has 10 heteroatoms. The number of imidazole rings is 1. The van der Waals surface area contributed by atoms with E-state index in [9.17, 15) is 13.7 Å². The van der Waals surface area contributed by atoms with Gasteiger partial charge in [-0.15, -0.1) is 0 Å². The molecule has 0 bridgehead atoms. The number of ether oxygens (including phenoxy) is 1. The van der Waals surface area contributed by atoms with Gasteiger partial charge in [0, 0.05) is 41.9 Å². The lowest BCUT2D eigenvalue weighted by Crippen LogP contribution is -2.41. The molecule has 0 spiro atoms. The van der Waals surface area contributed by atoms with Crippen molar-refractivity contribution in [1.82, 2.24) is 24.8 Å². The number of hydrogen-bond donors (Lipinski definition) is 1. The zero-order valence-corrected chi connectivity index (χ0v) is 20.5. The van der Waals surface area contributed by atoms with Crippen LogP contribution in [0.1, 0.15) is 45.4 Å². The normalized spacial score (nSPS) is 15.9. The second-order valence-electron chi connectivity index (χ2n) is 9.27.